The molecule has 0 heterocycles. The second-order valence-electron chi connectivity index (χ2n) is 5.62. The normalized spacial score (nSPS) is 11.3. The minimum atomic E-state index is 0. The largest absolute Gasteiger partial charge is 1.00 e. The second-order valence-corrected chi connectivity index (χ2v) is 5.62. The van der Waals surface area contributed by atoms with Gasteiger partial charge in [-0.2, -0.15) is 0 Å². The zero-order valence-corrected chi connectivity index (χ0v) is 16.5. The Balaban J connectivity index is 0. The molecule has 0 bridgehead atoms. The molecule has 0 amide bonds. The van der Waals surface area contributed by atoms with Crippen LogP contribution in [0.4, 0.5) is 0 Å². The van der Waals surface area contributed by atoms with Gasteiger partial charge in [0.1, 0.15) is 0 Å². The van der Waals surface area contributed by atoms with E-state index in [0.717, 1.165) is 6.42 Å². The number of hydrogen-bond donors (Lipinski definition) is 0. The Morgan fingerprint density at radius 1 is 0.667 bits per heavy atom. The molecule has 0 fully saturated rings. The Morgan fingerprint density at radius 3 is 1.28 bits per heavy atom. The molecular formula is C16H33KO. The molecule has 0 N–H and O–H groups in total. The molecule has 0 rings (SSSR count). The number of rotatable bonds is 12. The summed E-state index contributed by atoms with van der Waals surface area (Å²) in [6.45, 7) is 6.94. The zero-order valence-electron chi connectivity index (χ0n) is 13.4. The van der Waals surface area contributed by atoms with Crippen molar-refractivity contribution >= 4 is 0 Å². The van der Waals surface area contributed by atoms with Gasteiger partial charge in [0.2, 0.25) is 0 Å². The standard InChI is InChI=1S/C16H33O.K/c1-4-7-11-16(12-8-5-2,13-9-6-3)14-10-15-17;/h4-15H2,1-3H3;/q-1;+1. The van der Waals surface area contributed by atoms with Gasteiger partial charge >= 0.3 is 51.4 Å². The molecule has 0 saturated heterocycles. The first-order valence-electron chi connectivity index (χ1n) is 7.82. The first-order chi connectivity index (χ1) is 8.24. The summed E-state index contributed by atoms with van der Waals surface area (Å²) < 4.78 is 0. The predicted octanol–water partition coefficient (Wildman–Crippen LogP) is 1.69. The maximum Gasteiger partial charge on any atom is 1.00 e. The molecule has 18 heavy (non-hydrogen) atoms. The van der Waals surface area contributed by atoms with Gasteiger partial charge in [0.15, 0.2) is 0 Å². The molecule has 0 spiro atoms. The molecular weight excluding hydrogens is 247 g/mol. The quantitative estimate of drug-likeness (QED) is 0.499. The van der Waals surface area contributed by atoms with Crippen molar-refractivity contribution in [3.05, 3.63) is 0 Å². The van der Waals surface area contributed by atoms with E-state index in [0.29, 0.717) is 5.41 Å². The predicted molar refractivity (Wildman–Crippen MR) is 75.1 cm³/mol. The van der Waals surface area contributed by atoms with Crippen molar-refractivity contribution < 1.29 is 56.5 Å². The van der Waals surface area contributed by atoms with E-state index >= 15 is 0 Å². The Labute approximate surface area is 158 Å². The summed E-state index contributed by atoms with van der Waals surface area (Å²) in [7, 11) is 0. The Morgan fingerprint density at radius 2 is 1.00 bits per heavy atom. The summed E-state index contributed by atoms with van der Waals surface area (Å²) in [5, 5.41) is 10.8. The second kappa shape index (κ2) is 15.0. The fourth-order valence-electron chi connectivity index (χ4n) is 2.85. The fourth-order valence-corrected chi connectivity index (χ4v) is 2.85. The van der Waals surface area contributed by atoms with E-state index in [-0.39, 0.29) is 58.0 Å². The van der Waals surface area contributed by atoms with Crippen LogP contribution < -0.4 is 56.5 Å². The summed E-state index contributed by atoms with van der Waals surface area (Å²) in [5.74, 6) is 0. The fraction of sp³-hybridized carbons (Fsp3) is 1.00. The van der Waals surface area contributed by atoms with E-state index in [4.69, 9.17) is 0 Å². The number of unbranched alkanes of at least 4 members (excludes halogenated alkanes) is 3. The minimum Gasteiger partial charge on any atom is -0.854 e. The van der Waals surface area contributed by atoms with Crippen LogP contribution in [-0.4, -0.2) is 6.61 Å². The smallest absolute Gasteiger partial charge is 0.854 e. The van der Waals surface area contributed by atoms with Crippen molar-refractivity contribution in [1.82, 2.24) is 0 Å². The van der Waals surface area contributed by atoms with Crippen molar-refractivity contribution in [3.8, 4) is 0 Å². The van der Waals surface area contributed by atoms with Gasteiger partial charge in [-0.15, -0.1) is 6.61 Å². The third kappa shape index (κ3) is 10.4. The third-order valence-electron chi connectivity index (χ3n) is 4.03. The van der Waals surface area contributed by atoms with Crippen molar-refractivity contribution in [2.45, 2.75) is 91.4 Å². The summed E-state index contributed by atoms with van der Waals surface area (Å²) in [6, 6.07) is 0. The van der Waals surface area contributed by atoms with Crippen LogP contribution in [0, 0.1) is 5.41 Å². The first-order valence-corrected chi connectivity index (χ1v) is 7.82. The van der Waals surface area contributed by atoms with E-state index in [1.807, 2.05) is 0 Å². The molecule has 0 unspecified atom stereocenters. The number of hydrogen-bond acceptors (Lipinski definition) is 1. The van der Waals surface area contributed by atoms with Gasteiger partial charge < -0.3 is 5.11 Å². The van der Waals surface area contributed by atoms with Crippen LogP contribution in [0.15, 0.2) is 0 Å². The van der Waals surface area contributed by atoms with Crippen LogP contribution in [0.25, 0.3) is 0 Å². The van der Waals surface area contributed by atoms with Gasteiger partial charge in [-0.1, -0.05) is 65.7 Å². The van der Waals surface area contributed by atoms with Gasteiger partial charge in [0.25, 0.3) is 0 Å². The van der Waals surface area contributed by atoms with E-state index < -0.39 is 0 Å². The molecule has 0 aromatic carbocycles. The van der Waals surface area contributed by atoms with Crippen LogP contribution in [0.1, 0.15) is 91.4 Å². The van der Waals surface area contributed by atoms with E-state index in [1.165, 1.54) is 64.2 Å². The van der Waals surface area contributed by atoms with Crippen molar-refractivity contribution in [3.63, 3.8) is 0 Å². The molecule has 0 aromatic rings. The Kier molecular flexibility index (Phi) is 18.2. The van der Waals surface area contributed by atoms with E-state index in [9.17, 15) is 5.11 Å². The van der Waals surface area contributed by atoms with Crippen molar-refractivity contribution in [1.29, 1.82) is 0 Å². The average Bonchev–Trinajstić information content (AvgIpc) is 2.37. The topological polar surface area (TPSA) is 23.1 Å². The minimum absolute atomic E-state index is 0. The SMILES string of the molecule is CCCCC(CCCC)(CCCC)CCC[O-].[K+]. The summed E-state index contributed by atoms with van der Waals surface area (Å²) in [4.78, 5) is 0. The molecule has 104 valence electrons. The van der Waals surface area contributed by atoms with Crippen molar-refractivity contribution in [2.24, 2.45) is 5.41 Å². The molecule has 0 aliphatic rings. The maximum absolute atomic E-state index is 10.8. The average molecular weight is 281 g/mol. The van der Waals surface area contributed by atoms with Gasteiger partial charge in [0.05, 0.1) is 0 Å². The molecule has 0 saturated carbocycles. The van der Waals surface area contributed by atoms with Crippen LogP contribution in [0.2, 0.25) is 0 Å². The summed E-state index contributed by atoms with van der Waals surface area (Å²) >= 11 is 0. The van der Waals surface area contributed by atoms with Crippen LogP contribution in [-0.2, 0) is 0 Å². The van der Waals surface area contributed by atoms with Gasteiger partial charge in [-0.05, 0) is 31.1 Å². The molecule has 0 aromatic heterocycles. The molecule has 0 aliphatic heterocycles. The monoisotopic (exact) mass is 280 g/mol. The molecule has 0 aliphatic carbocycles. The Bertz CT molecular complexity index is 122. The maximum atomic E-state index is 10.8. The van der Waals surface area contributed by atoms with Crippen LogP contribution >= 0.6 is 0 Å². The zero-order chi connectivity index (χ0) is 13.0. The first kappa shape index (κ1) is 21.9. The molecule has 1 nitrogen and oxygen atoms in total. The van der Waals surface area contributed by atoms with Gasteiger partial charge in [-0.3, -0.25) is 0 Å². The third-order valence-corrected chi connectivity index (χ3v) is 4.03. The van der Waals surface area contributed by atoms with E-state index in [1.54, 1.807) is 0 Å². The molecule has 2 heteroatoms. The van der Waals surface area contributed by atoms with Crippen molar-refractivity contribution in [2.75, 3.05) is 6.61 Å². The van der Waals surface area contributed by atoms with Gasteiger partial charge in [0, 0.05) is 0 Å². The van der Waals surface area contributed by atoms with Crippen LogP contribution in [0.5, 0.6) is 0 Å². The molecule has 0 radical (unpaired) electrons. The molecule has 0 atom stereocenters. The van der Waals surface area contributed by atoms with E-state index in [2.05, 4.69) is 20.8 Å². The summed E-state index contributed by atoms with van der Waals surface area (Å²) in [5.41, 5.74) is 0.506. The van der Waals surface area contributed by atoms with Gasteiger partial charge in [-0.25, -0.2) is 0 Å². The Hall–Kier alpha value is 1.60. The van der Waals surface area contributed by atoms with Crippen LogP contribution in [0.3, 0.4) is 0 Å². The summed E-state index contributed by atoms with van der Waals surface area (Å²) in [6.07, 6.45) is 14.0.